The smallest absolute Gasteiger partial charge is 0.302 e. The van der Waals surface area contributed by atoms with Gasteiger partial charge in [0.25, 0.3) is 0 Å². The zero-order chi connectivity index (χ0) is 13.0. The van der Waals surface area contributed by atoms with Gasteiger partial charge in [0.1, 0.15) is 18.3 Å². The van der Waals surface area contributed by atoms with Crippen molar-refractivity contribution in [2.75, 3.05) is 13.2 Å². The lowest BCUT2D eigenvalue weighted by Crippen LogP contribution is -2.41. The van der Waals surface area contributed by atoms with Crippen LogP contribution in [0.15, 0.2) is 24.3 Å². The van der Waals surface area contributed by atoms with Gasteiger partial charge in [-0.1, -0.05) is 25.2 Å². The quantitative estimate of drug-likeness (QED) is 0.567. The van der Waals surface area contributed by atoms with Crippen LogP contribution in [0.25, 0.3) is 0 Å². The SMILES string of the molecule is CC[C@]12C[C@@H](/C=C/COC(C)=O)O[C@H]1C=CCO2. The van der Waals surface area contributed by atoms with E-state index in [1.165, 1.54) is 6.92 Å². The van der Waals surface area contributed by atoms with Crippen molar-refractivity contribution in [1.82, 2.24) is 0 Å². The summed E-state index contributed by atoms with van der Waals surface area (Å²) in [5.41, 5.74) is -0.175. The number of hydrogen-bond acceptors (Lipinski definition) is 4. The highest BCUT2D eigenvalue weighted by Crippen LogP contribution is 2.39. The van der Waals surface area contributed by atoms with E-state index in [1.807, 2.05) is 18.2 Å². The molecule has 0 unspecified atom stereocenters. The van der Waals surface area contributed by atoms with Gasteiger partial charge in [-0.3, -0.25) is 4.79 Å². The molecule has 0 N–H and O–H groups in total. The topological polar surface area (TPSA) is 44.8 Å². The third-order valence-corrected chi connectivity index (χ3v) is 3.50. The molecule has 0 aromatic carbocycles. The predicted octanol–water partition coefficient (Wildman–Crippen LogP) is 2.00. The number of hydrogen-bond donors (Lipinski definition) is 0. The van der Waals surface area contributed by atoms with E-state index in [0.717, 1.165) is 12.8 Å². The maximum absolute atomic E-state index is 10.6. The van der Waals surface area contributed by atoms with E-state index >= 15 is 0 Å². The Morgan fingerprint density at radius 2 is 2.44 bits per heavy atom. The lowest BCUT2D eigenvalue weighted by Gasteiger charge is -2.33. The molecule has 100 valence electrons. The van der Waals surface area contributed by atoms with Crippen molar-refractivity contribution in [3.63, 3.8) is 0 Å². The molecule has 4 heteroatoms. The van der Waals surface area contributed by atoms with Crippen LogP contribution in [0.1, 0.15) is 26.7 Å². The number of carbonyl (C=O) groups is 1. The minimum Gasteiger partial charge on any atom is -0.462 e. The molecular formula is C14H20O4. The fourth-order valence-corrected chi connectivity index (χ4v) is 2.51. The first-order valence-corrected chi connectivity index (χ1v) is 6.42. The van der Waals surface area contributed by atoms with Gasteiger partial charge in [0.05, 0.1) is 12.7 Å². The second kappa shape index (κ2) is 5.67. The van der Waals surface area contributed by atoms with Gasteiger partial charge in [0.2, 0.25) is 0 Å². The van der Waals surface area contributed by atoms with E-state index in [9.17, 15) is 4.79 Å². The summed E-state index contributed by atoms with van der Waals surface area (Å²) in [5.74, 6) is -0.267. The molecule has 0 aliphatic carbocycles. The maximum atomic E-state index is 10.6. The zero-order valence-electron chi connectivity index (χ0n) is 10.9. The molecule has 18 heavy (non-hydrogen) atoms. The molecule has 1 fully saturated rings. The summed E-state index contributed by atoms with van der Waals surface area (Å²) >= 11 is 0. The molecule has 0 saturated carbocycles. The maximum Gasteiger partial charge on any atom is 0.302 e. The lowest BCUT2D eigenvalue weighted by atomic mass is 9.89. The normalized spacial score (nSPS) is 34.8. The van der Waals surface area contributed by atoms with E-state index in [4.69, 9.17) is 14.2 Å². The predicted molar refractivity (Wildman–Crippen MR) is 67.2 cm³/mol. The van der Waals surface area contributed by atoms with Crippen LogP contribution in [-0.2, 0) is 19.0 Å². The number of ether oxygens (including phenoxy) is 3. The second-order valence-electron chi connectivity index (χ2n) is 4.69. The zero-order valence-corrected chi connectivity index (χ0v) is 10.9. The first-order chi connectivity index (χ1) is 8.66. The Morgan fingerprint density at radius 1 is 1.61 bits per heavy atom. The third-order valence-electron chi connectivity index (χ3n) is 3.50. The summed E-state index contributed by atoms with van der Waals surface area (Å²) in [5, 5.41) is 0. The molecular weight excluding hydrogens is 232 g/mol. The van der Waals surface area contributed by atoms with Crippen LogP contribution >= 0.6 is 0 Å². The molecule has 0 bridgehead atoms. The van der Waals surface area contributed by atoms with E-state index in [-0.39, 0.29) is 23.8 Å². The number of esters is 1. The average molecular weight is 252 g/mol. The summed E-state index contributed by atoms with van der Waals surface area (Å²) in [7, 11) is 0. The van der Waals surface area contributed by atoms with Crippen LogP contribution in [0.2, 0.25) is 0 Å². The van der Waals surface area contributed by atoms with Crippen LogP contribution < -0.4 is 0 Å². The molecule has 2 aliphatic heterocycles. The minimum atomic E-state index is -0.267. The molecule has 0 radical (unpaired) electrons. The van der Waals surface area contributed by atoms with Gasteiger partial charge in [-0.05, 0) is 12.5 Å². The summed E-state index contributed by atoms with van der Waals surface area (Å²) in [6.07, 6.45) is 9.75. The highest BCUT2D eigenvalue weighted by atomic mass is 16.6. The Kier molecular flexibility index (Phi) is 4.19. The summed E-state index contributed by atoms with van der Waals surface area (Å²) in [6, 6.07) is 0. The van der Waals surface area contributed by atoms with Gasteiger partial charge >= 0.3 is 5.97 Å². The van der Waals surface area contributed by atoms with Gasteiger partial charge in [-0.25, -0.2) is 0 Å². The van der Waals surface area contributed by atoms with Gasteiger partial charge < -0.3 is 14.2 Å². The highest BCUT2D eigenvalue weighted by molar-refractivity contribution is 5.65. The number of carbonyl (C=O) groups excluding carboxylic acids is 1. The van der Waals surface area contributed by atoms with Crippen LogP contribution in [0.4, 0.5) is 0 Å². The molecule has 0 amide bonds. The number of fused-ring (bicyclic) bond motifs is 1. The van der Waals surface area contributed by atoms with Gasteiger partial charge in [0, 0.05) is 13.3 Å². The van der Waals surface area contributed by atoms with Crippen molar-refractivity contribution in [2.24, 2.45) is 0 Å². The monoisotopic (exact) mass is 252 g/mol. The van der Waals surface area contributed by atoms with Crippen molar-refractivity contribution >= 4 is 5.97 Å². The van der Waals surface area contributed by atoms with Crippen molar-refractivity contribution in [1.29, 1.82) is 0 Å². The number of rotatable bonds is 4. The van der Waals surface area contributed by atoms with Gasteiger partial charge in [0.15, 0.2) is 0 Å². The average Bonchev–Trinajstić information content (AvgIpc) is 2.73. The van der Waals surface area contributed by atoms with Gasteiger partial charge in [-0.15, -0.1) is 0 Å². The molecule has 3 atom stereocenters. The molecule has 2 aliphatic rings. The van der Waals surface area contributed by atoms with Crippen molar-refractivity contribution in [2.45, 2.75) is 44.5 Å². The Morgan fingerprint density at radius 3 is 3.11 bits per heavy atom. The molecule has 2 rings (SSSR count). The molecule has 1 saturated heterocycles. The van der Waals surface area contributed by atoms with Crippen molar-refractivity contribution in [3.8, 4) is 0 Å². The molecule has 0 aromatic rings. The molecule has 0 spiro atoms. The third kappa shape index (κ3) is 2.82. The highest BCUT2D eigenvalue weighted by Gasteiger charge is 2.47. The summed E-state index contributed by atoms with van der Waals surface area (Å²) in [4.78, 5) is 10.6. The van der Waals surface area contributed by atoms with E-state index < -0.39 is 0 Å². The van der Waals surface area contributed by atoms with Crippen LogP contribution in [-0.4, -0.2) is 37.0 Å². The first-order valence-electron chi connectivity index (χ1n) is 6.42. The Bertz CT molecular complexity index is 361. The molecule has 0 aromatic heterocycles. The Hall–Kier alpha value is -1.13. The molecule has 4 nitrogen and oxygen atoms in total. The van der Waals surface area contributed by atoms with Crippen molar-refractivity contribution < 1.29 is 19.0 Å². The fourth-order valence-electron chi connectivity index (χ4n) is 2.51. The summed E-state index contributed by atoms with van der Waals surface area (Å²) in [6.45, 7) is 4.49. The largest absolute Gasteiger partial charge is 0.462 e. The standard InChI is InChI=1S/C14H20O4/c1-3-14-10-12(6-4-8-16-11(2)15)18-13(14)7-5-9-17-14/h4-7,12-13H,3,8-10H2,1-2H3/b6-4+/t12-,13+,14+/m1/s1. The fraction of sp³-hybridized carbons (Fsp3) is 0.643. The first kappa shape index (κ1) is 13.3. The van der Waals surface area contributed by atoms with E-state index in [0.29, 0.717) is 13.2 Å². The molecule has 2 heterocycles. The van der Waals surface area contributed by atoms with Crippen LogP contribution in [0.5, 0.6) is 0 Å². The van der Waals surface area contributed by atoms with Crippen molar-refractivity contribution in [3.05, 3.63) is 24.3 Å². The lowest BCUT2D eigenvalue weighted by molar-refractivity contribution is -0.139. The Balaban J connectivity index is 1.90. The van der Waals surface area contributed by atoms with Gasteiger partial charge in [-0.2, -0.15) is 0 Å². The van der Waals surface area contributed by atoms with E-state index in [2.05, 4.69) is 13.0 Å². The van der Waals surface area contributed by atoms with Crippen LogP contribution in [0.3, 0.4) is 0 Å². The second-order valence-corrected chi connectivity index (χ2v) is 4.69. The minimum absolute atomic E-state index is 0.0354. The van der Waals surface area contributed by atoms with Crippen LogP contribution in [0, 0.1) is 0 Å². The summed E-state index contributed by atoms with van der Waals surface area (Å²) < 4.78 is 16.7. The van der Waals surface area contributed by atoms with E-state index in [1.54, 1.807) is 0 Å². The Labute approximate surface area is 108 Å².